The summed E-state index contributed by atoms with van der Waals surface area (Å²) in [5, 5.41) is 0. The van der Waals surface area contributed by atoms with Crippen LogP contribution in [0.4, 0.5) is 0 Å². The Kier molecular flexibility index (Phi) is 4.43. The molecule has 0 saturated heterocycles. The molecule has 2 aromatic heterocycles. The van der Waals surface area contributed by atoms with Crippen molar-refractivity contribution >= 4 is 11.3 Å². The van der Waals surface area contributed by atoms with Crippen LogP contribution >= 0.6 is 11.3 Å². The maximum atomic E-state index is 4.34. The van der Waals surface area contributed by atoms with Gasteiger partial charge >= 0.3 is 0 Å². The van der Waals surface area contributed by atoms with E-state index < -0.39 is 0 Å². The average molecular weight is 298 g/mol. The highest BCUT2D eigenvalue weighted by Crippen LogP contribution is 2.18. The second-order valence-electron chi connectivity index (χ2n) is 5.03. The van der Waals surface area contributed by atoms with Crippen LogP contribution in [-0.2, 0) is 19.6 Å². The first-order valence-electron chi connectivity index (χ1n) is 6.95. The molecule has 0 radical (unpaired) electrons. The predicted octanol–water partition coefficient (Wildman–Crippen LogP) is 3.38. The summed E-state index contributed by atoms with van der Waals surface area (Å²) >= 11 is 1.72. The minimum atomic E-state index is 0.805. The summed E-state index contributed by atoms with van der Waals surface area (Å²) in [6.45, 7) is 4.67. The monoisotopic (exact) mass is 298 g/mol. The fraction of sp³-hybridized carbons (Fsp3) is 0.250. The van der Waals surface area contributed by atoms with E-state index in [1.165, 1.54) is 10.4 Å². The molecule has 21 heavy (non-hydrogen) atoms. The van der Waals surface area contributed by atoms with Crippen LogP contribution in [-0.4, -0.2) is 19.9 Å². The molecule has 2 heterocycles. The van der Waals surface area contributed by atoms with Gasteiger partial charge in [0.25, 0.3) is 0 Å². The standard InChI is InChI=1S/C16H18N4S/c1-13-15(21-12-19-13)10-20(11-16-17-7-8-18-16)9-14-5-3-2-4-6-14/h2-8,12H,9-11H2,1H3,(H,17,18). The SMILES string of the molecule is Cc1ncsc1CN(Cc1ccccc1)Cc1ncc[nH]1. The summed E-state index contributed by atoms with van der Waals surface area (Å²) in [4.78, 5) is 15.6. The van der Waals surface area contributed by atoms with Gasteiger partial charge in [-0.05, 0) is 12.5 Å². The molecule has 3 aromatic rings. The molecule has 0 spiro atoms. The Balaban J connectivity index is 1.75. The van der Waals surface area contributed by atoms with Crippen molar-refractivity contribution in [3.05, 3.63) is 70.2 Å². The van der Waals surface area contributed by atoms with Crippen LogP contribution in [0.3, 0.4) is 0 Å². The second-order valence-corrected chi connectivity index (χ2v) is 5.97. The third-order valence-electron chi connectivity index (χ3n) is 3.39. The minimum Gasteiger partial charge on any atom is -0.348 e. The van der Waals surface area contributed by atoms with Crippen molar-refractivity contribution in [2.45, 2.75) is 26.6 Å². The number of H-pyrrole nitrogens is 1. The van der Waals surface area contributed by atoms with Crippen molar-refractivity contribution in [1.29, 1.82) is 0 Å². The zero-order chi connectivity index (χ0) is 14.5. The molecule has 0 bridgehead atoms. The summed E-state index contributed by atoms with van der Waals surface area (Å²) in [5.41, 5.74) is 4.35. The summed E-state index contributed by atoms with van der Waals surface area (Å²) in [7, 11) is 0. The smallest absolute Gasteiger partial charge is 0.120 e. The number of imidazole rings is 1. The number of rotatable bonds is 6. The number of nitrogens with one attached hydrogen (secondary N) is 1. The van der Waals surface area contributed by atoms with Gasteiger partial charge in [0.15, 0.2) is 0 Å². The minimum absolute atomic E-state index is 0.805. The highest BCUT2D eigenvalue weighted by molar-refractivity contribution is 7.09. The molecular formula is C16H18N4S. The second kappa shape index (κ2) is 6.65. The fourth-order valence-corrected chi connectivity index (χ4v) is 3.11. The van der Waals surface area contributed by atoms with Crippen LogP contribution in [0.5, 0.6) is 0 Å². The fourth-order valence-electron chi connectivity index (χ4n) is 2.29. The van der Waals surface area contributed by atoms with Crippen molar-refractivity contribution in [3.63, 3.8) is 0 Å². The lowest BCUT2D eigenvalue weighted by Gasteiger charge is -2.21. The maximum absolute atomic E-state index is 4.34. The van der Waals surface area contributed by atoms with Crippen LogP contribution < -0.4 is 0 Å². The largest absolute Gasteiger partial charge is 0.348 e. The van der Waals surface area contributed by atoms with E-state index in [4.69, 9.17) is 0 Å². The van der Waals surface area contributed by atoms with Gasteiger partial charge in [-0.15, -0.1) is 11.3 Å². The van der Waals surface area contributed by atoms with Crippen molar-refractivity contribution in [1.82, 2.24) is 19.9 Å². The van der Waals surface area contributed by atoms with Gasteiger partial charge in [0.1, 0.15) is 5.82 Å². The molecule has 1 N–H and O–H groups in total. The Labute approximate surface area is 128 Å². The molecule has 0 fully saturated rings. The van der Waals surface area contributed by atoms with E-state index in [-0.39, 0.29) is 0 Å². The van der Waals surface area contributed by atoms with Crippen LogP contribution in [0.15, 0.2) is 48.2 Å². The highest BCUT2D eigenvalue weighted by atomic mass is 32.1. The van der Waals surface area contributed by atoms with Gasteiger partial charge < -0.3 is 4.98 Å². The number of aromatic nitrogens is 3. The van der Waals surface area contributed by atoms with E-state index in [1.54, 1.807) is 17.5 Å². The normalized spacial score (nSPS) is 11.1. The van der Waals surface area contributed by atoms with Gasteiger partial charge in [-0.1, -0.05) is 30.3 Å². The molecule has 0 amide bonds. The lowest BCUT2D eigenvalue weighted by molar-refractivity contribution is 0.243. The van der Waals surface area contributed by atoms with Gasteiger partial charge in [0.2, 0.25) is 0 Å². The van der Waals surface area contributed by atoms with Crippen molar-refractivity contribution in [2.75, 3.05) is 0 Å². The number of aromatic amines is 1. The van der Waals surface area contributed by atoms with Crippen LogP contribution in [0, 0.1) is 6.92 Å². The molecule has 0 atom stereocenters. The number of aryl methyl sites for hydroxylation is 1. The van der Waals surface area contributed by atoms with Gasteiger partial charge in [-0.3, -0.25) is 4.90 Å². The quantitative estimate of drug-likeness (QED) is 0.759. The van der Waals surface area contributed by atoms with E-state index in [0.717, 1.165) is 31.2 Å². The molecular weight excluding hydrogens is 280 g/mol. The number of hydrogen-bond donors (Lipinski definition) is 1. The third-order valence-corrected chi connectivity index (χ3v) is 4.31. The first-order chi connectivity index (χ1) is 10.3. The van der Waals surface area contributed by atoms with Crippen molar-refractivity contribution in [2.24, 2.45) is 0 Å². The predicted molar refractivity (Wildman–Crippen MR) is 84.8 cm³/mol. The van der Waals surface area contributed by atoms with Gasteiger partial charge in [0.05, 0.1) is 17.7 Å². The molecule has 108 valence electrons. The van der Waals surface area contributed by atoms with Crippen LogP contribution in [0.25, 0.3) is 0 Å². The molecule has 0 aliphatic rings. The summed E-state index contributed by atoms with van der Waals surface area (Å²) in [5.74, 6) is 0.994. The zero-order valence-corrected chi connectivity index (χ0v) is 12.8. The molecule has 0 aliphatic heterocycles. The lowest BCUT2D eigenvalue weighted by atomic mass is 10.2. The van der Waals surface area contributed by atoms with Gasteiger partial charge in [-0.25, -0.2) is 9.97 Å². The number of hydrogen-bond acceptors (Lipinski definition) is 4. The Morgan fingerprint density at radius 2 is 1.95 bits per heavy atom. The van der Waals surface area contributed by atoms with Crippen LogP contribution in [0.1, 0.15) is 22.0 Å². The van der Waals surface area contributed by atoms with Crippen molar-refractivity contribution in [3.8, 4) is 0 Å². The Morgan fingerprint density at radius 3 is 2.62 bits per heavy atom. The van der Waals surface area contributed by atoms with Gasteiger partial charge in [-0.2, -0.15) is 0 Å². The molecule has 1 aromatic carbocycles. The first kappa shape index (κ1) is 14.0. The Bertz CT molecular complexity index is 661. The van der Waals surface area contributed by atoms with E-state index >= 15 is 0 Å². The average Bonchev–Trinajstić information content (AvgIpc) is 3.13. The number of nitrogens with zero attached hydrogens (tertiary/aromatic N) is 3. The number of thiazole rings is 1. The molecule has 0 unspecified atom stereocenters. The summed E-state index contributed by atoms with van der Waals surface area (Å²) in [6.07, 6.45) is 3.67. The van der Waals surface area contributed by atoms with E-state index in [9.17, 15) is 0 Å². The summed E-state index contributed by atoms with van der Waals surface area (Å²) in [6, 6.07) is 10.5. The molecule has 4 nitrogen and oxygen atoms in total. The third kappa shape index (κ3) is 3.77. The van der Waals surface area contributed by atoms with Gasteiger partial charge in [0, 0.05) is 30.4 Å². The topological polar surface area (TPSA) is 44.8 Å². The Hall–Kier alpha value is -1.98. The highest BCUT2D eigenvalue weighted by Gasteiger charge is 2.12. The van der Waals surface area contributed by atoms with Crippen molar-refractivity contribution < 1.29 is 0 Å². The first-order valence-corrected chi connectivity index (χ1v) is 7.83. The summed E-state index contributed by atoms with van der Waals surface area (Å²) < 4.78 is 0. The molecule has 0 saturated carbocycles. The van der Waals surface area contributed by atoms with E-state index in [1.807, 2.05) is 17.8 Å². The van der Waals surface area contributed by atoms with E-state index in [0.29, 0.717) is 0 Å². The number of benzene rings is 1. The Morgan fingerprint density at radius 1 is 1.10 bits per heavy atom. The zero-order valence-electron chi connectivity index (χ0n) is 12.0. The molecule has 0 aliphatic carbocycles. The van der Waals surface area contributed by atoms with Crippen LogP contribution in [0.2, 0.25) is 0 Å². The maximum Gasteiger partial charge on any atom is 0.120 e. The lowest BCUT2D eigenvalue weighted by Crippen LogP contribution is -2.23. The van der Waals surface area contributed by atoms with E-state index in [2.05, 4.69) is 51.0 Å². The molecule has 5 heteroatoms. The molecule has 3 rings (SSSR count).